The van der Waals surface area contributed by atoms with Crippen LogP contribution in [0.5, 0.6) is 0 Å². The van der Waals surface area contributed by atoms with Crippen LogP contribution in [0, 0.1) is 17.0 Å². The summed E-state index contributed by atoms with van der Waals surface area (Å²) in [5.74, 6) is -0.325. The van der Waals surface area contributed by atoms with Crippen molar-refractivity contribution in [1.29, 1.82) is 0 Å². The second kappa shape index (κ2) is 6.33. The van der Waals surface area contributed by atoms with Gasteiger partial charge in [-0.1, -0.05) is 6.07 Å². The molecule has 7 heteroatoms. The van der Waals surface area contributed by atoms with Crippen LogP contribution in [0.4, 0.5) is 11.4 Å². The first-order valence-corrected chi connectivity index (χ1v) is 7.21. The predicted octanol–water partition coefficient (Wildman–Crippen LogP) is 3.20. The number of amides is 1. The fourth-order valence-corrected chi connectivity index (χ4v) is 2.36. The molecule has 120 valence electrons. The number of hydrogen-bond donors (Lipinski definition) is 1. The van der Waals surface area contributed by atoms with E-state index >= 15 is 0 Å². The van der Waals surface area contributed by atoms with Crippen molar-refractivity contribution < 1.29 is 9.72 Å². The number of carbonyl (C=O) groups is 1. The third kappa shape index (κ3) is 3.14. The van der Waals surface area contributed by atoms with Crippen LogP contribution in [0.15, 0.2) is 54.9 Å². The number of pyridine rings is 1. The van der Waals surface area contributed by atoms with Gasteiger partial charge in [-0.3, -0.25) is 14.9 Å². The highest BCUT2D eigenvalue weighted by atomic mass is 16.6. The third-order valence-corrected chi connectivity index (χ3v) is 3.51. The van der Waals surface area contributed by atoms with E-state index in [2.05, 4.69) is 10.3 Å². The zero-order chi connectivity index (χ0) is 17.1. The lowest BCUT2D eigenvalue weighted by molar-refractivity contribution is -0.385. The molecule has 0 saturated carbocycles. The summed E-state index contributed by atoms with van der Waals surface area (Å²) in [6, 6.07) is 10.1. The molecule has 0 aliphatic heterocycles. The molecular formula is C17H14N4O3. The molecule has 0 bridgehead atoms. The highest BCUT2D eigenvalue weighted by Crippen LogP contribution is 2.21. The lowest BCUT2D eigenvalue weighted by Crippen LogP contribution is -2.08. The monoisotopic (exact) mass is 322 g/mol. The molecular weight excluding hydrogens is 308 g/mol. The van der Waals surface area contributed by atoms with Crippen LogP contribution < -0.4 is 5.32 Å². The number of nitrogens with one attached hydrogen (secondary N) is 1. The summed E-state index contributed by atoms with van der Waals surface area (Å²) in [5, 5.41) is 13.5. The number of carbonyl (C=O) groups excluding carboxylic acids is 1. The highest BCUT2D eigenvalue weighted by molar-refractivity contribution is 6.02. The number of nitro benzene ring substituents is 1. The summed E-state index contributed by atoms with van der Waals surface area (Å²) in [6.45, 7) is 1.63. The summed E-state index contributed by atoms with van der Waals surface area (Å²) < 4.78 is 1.86. The number of fused-ring (bicyclic) bond motifs is 1. The largest absolute Gasteiger partial charge is 0.322 e. The van der Waals surface area contributed by atoms with Gasteiger partial charge in [0.2, 0.25) is 5.91 Å². The van der Waals surface area contributed by atoms with Gasteiger partial charge in [0.05, 0.1) is 16.8 Å². The van der Waals surface area contributed by atoms with Crippen LogP contribution in [0.3, 0.4) is 0 Å². The van der Waals surface area contributed by atoms with Gasteiger partial charge in [0.25, 0.3) is 5.69 Å². The molecule has 2 aromatic heterocycles. The molecule has 1 N–H and O–H groups in total. The van der Waals surface area contributed by atoms with Crippen LogP contribution >= 0.6 is 0 Å². The van der Waals surface area contributed by atoms with Gasteiger partial charge in [-0.2, -0.15) is 0 Å². The number of anilines is 1. The Bertz CT molecular complexity index is 959. The summed E-state index contributed by atoms with van der Waals surface area (Å²) >= 11 is 0. The molecule has 1 aromatic carbocycles. The van der Waals surface area contributed by atoms with Crippen molar-refractivity contribution in [1.82, 2.24) is 9.38 Å². The van der Waals surface area contributed by atoms with Gasteiger partial charge in [0, 0.05) is 29.6 Å². The van der Waals surface area contributed by atoms with Crippen molar-refractivity contribution in [2.24, 2.45) is 0 Å². The fourth-order valence-electron chi connectivity index (χ4n) is 2.36. The number of imidazole rings is 1. The first-order valence-electron chi connectivity index (χ1n) is 7.21. The SMILES string of the molecule is Cc1cc(NC(=O)/C=C/c2cnc3ccccn23)ccc1[N+](=O)[O-]. The Kier molecular flexibility index (Phi) is 4.07. The zero-order valence-electron chi connectivity index (χ0n) is 12.8. The molecule has 0 spiro atoms. The molecule has 3 aromatic rings. The standard InChI is InChI=1S/C17H14N4O3/c1-12-10-13(5-7-15(12)21(23)24)19-17(22)8-6-14-11-18-16-4-2-3-9-20(14)16/h2-11H,1H3,(H,19,22)/b8-6+. The zero-order valence-corrected chi connectivity index (χ0v) is 12.8. The average molecular weight is 322 g/mol. The predicted molar refractivity (Wildman–Crippen MR) is 90.7 cm³/mol. The molecule has 0 aliphatic rings. The molecule has 2 heterocycles. The van der Waals surface area contributed by atoms with Gasteiger partial charge in [0.1, 0.15) is 5.65 Å². The maximum Gasteiger partial charge on any atom is 0.272 e. The number of benzene rings is 1. The molecule has 7 nitrogen and oxygen atoms in total. The van der Waals surface area contributed by atoms with Gasteiger partial charge in [-0.15, -0.1) is 0 Å². The maximum absolute atomic E-state index is 12.0. The van der Waals surface area contributed by atoms with E-state index in [-0.39, 0.29) is 11.6 Å². The van der Waals surface area contributed by atoms with E-state index in [1.165, 1.54) is 18.2 Å². The molecule has 0 saturated heterocycles. The average Bonchev–Trinajstić information content (AvgIpc) is 2.96. The van der Waals surface area contributed by atoms with Crippen molar-refractivity contribution in [3.63, 3.8) is 0 Å². The first kappa shape index (κ1) is 15.4. The minimum atomic E-state index is -0.453. The van der Waals surface area contributed by atoms with Crippen LogP contribution in [-0.4, -0.2) is 20.2 Å². The summed E-state index contributed by atoms with van der Waals surface area (Å²) in [7, 11) is 0. The van der Waals surface area contributed by atoms with Gasteiger partial charge in [-0.05, 0) is 37.3 Å². The van der Waals surface area contributed by atoms with E-state index in [0.29, 0.717) is 11.3 Å². The van der Waals surface area contributed by atoms with Crippen LogP contribution in [0.2, 0.25) is 0 Å². The lowest BCUT2D eigenvalue weighted by atomic mass is 10.2. The maximum atomic E-state index is 12.0. The third-order valence-electron chi connectivity index (χ3n) is 3.51. The van der Waals surface area contributed by atoms with Crippen LogP contribution in [-0.2, 0) is 4.79 Å². The second-order valence-electron chi connectivity index (χ2n) is 5.19. The molecule has 24 heavy (non-hydrogen) atoms. The molecule has 0 aliphatic carbocycles. The summed E-state index contributed by atoms with van der Waals surface area (Å²) in [4.78, 5) is 26.6. The topological polar surface area (TPSA) is 89.5 Å². The highest BCUT2D eigenvalue weighted by Gasteiger charge is 2.10. The van der Waals surface area contributed by atoms with E-state index in [4.69, 9.17) is 0 Å². The van der Waals surface area contributed by atoms with Crippen molar-refractivity contribution in [3.8, 4) is 0 Å². The Labute approximate surface area is 137 Å². The molecule has 0 unspecified atom stereocenters. The number of rotatable bonds is 4. The van der Waals surface area contributed by atoms with Crippen molar-refractivity contribution in [2.75, 3.05) is 5.32 Å². The first-order chi connectivity index (χ1) is 11.5. The molecule has 3 rings (SSSR count). The minimum absolute atomic E-state index is 0.0225. The lowest BCUT2D eigenvalue weighted by Gasteiger charge is -2.04. The Morgan fingerprint density at radius 2 is 2.17 bits per heavy atom. The number of hydrogen-bond acceptors (Lipinski definition) is 4. The molecule has 1 amide bonds. The quantitative estimate of drug-likeness (QED) is 0.454. The Morgan fingerprint density at radius 3 is 2.92 bits per heavy atom. The molecule has 0 atom stereocenters. The van der Waals surface area contributed by atoms with E-state index in [9.17, 15) is 14.9 Å². The summed E-state index contributed by atoms with van der Waals surface area (Å²) in [5.41, 5.74) is 2.59. The smallest absolute Gasteiger partial charge is 0.272 e. The van der Waals surface area contributed by atoms with Gasteiger partial charge >= 0.3 is 0 Å². The Morgan fingerprint density at radius 1 is 1.33 bits per heavy atom. The Balaban J connectivity index is 1.74. The van der Waals surface area contributed by atoms with E-state index in [0.717, 1.165) is 11.3 Å². The molecule has 0 fully saturated rings. The van der Waals surface area contributed by atoms with Gasteiger partial charge in [0.15, 0.2) is 0 Å². The number of nitrogens with zero attached hydrogens (tertiary/aromatic N) is 3. The fraction of sp³-hybridized carbons (Fsp3) is 0.0588. The minimum Gasteiger partial charge on any atom is -0.322 e. The summed E-state index contributed by atoms with van der Waals surface area (Å²) in [6.07, 6.45) is 6.59. The van der Waals surface area contributed by atoms with E-state index in [1.807, 2.05) is 28.8 Å². The van der Waals surface area contributed by atoms with E-state index in [1.54, 1.807) is 25.3 Å². The van der Waals surface area contributed by atoms with Gasteiger partial charge in [-0.25, -0.2) is 4.98 Å². The van der Waals surface area contributed by atoms with Gasteiger partial charge < -0.3 is 9.72 Å². The normalized spacial score (nSPS) is 11.0. The van der Waals surface area contributed by atoms with Crippen molar-refractivity contribution in [2.45, 2.75) is 6.92 Å². The number of aryl methyl sites for hydroxylation is 1. The van der Waals surface area contributed by atoms with Crippen LogP contribution in [0.1, 0.15) is 11.3 Å². The Hall–Kier alpha value is -3.48. The molecule has 0 radical (unpaired) electrons. The van der Waals surface area contributed by atoms with Crippen molar-refractivity contribution >= 4 is 29.0 Å². The number of nitro groups is 1. The van der Waals surface area contributed by atoms with Crippen molar-refractivity contribution in [3.05, 3.63) is 76.2 Å². The second-order valence-corrected chi connectivity index (χ2v) is 5.19. The van der Waals surface area contributed by atoms with Crippen LogP contribution in [0.25, 0.3) is 11.7 Å². The number of aromatic nitrogens is 2. The van der Waals surface area contributed by atoms with E-state index < -0.39 is 4.92 Å².